The lowest BCUT2D eigenvalue weighted by atomic mass is 10.1. The van der Waals surface area contributed by atoms with Crippen LogP contribution in [0.1, 0.15) is 45.0 Å². The Hall–Kier alpha value is -2.48. The van der Waals surface area contributed by atoms with Gasteiger partial charge in [-0.2, -0.15) is 0 Å². The zero-order chi connectivity index (χ0) is 18.8. The zero-order valence-electron chi connectivity index (χ0n) is 14.5. The van der Waals surface area contributed by atoms with Crippen molar-refractivity contribution < 1.29 is 18.9 Å². The molecule has 0 saturated carbocycles. The molecule has 0 spiro atoms. The molecule has 3 rings (SSSR count). The molecular formula is C18H18BrN3O4. The van der Waals surface area contributed by atoms with E-state index in [1.165, 1.54) is 4.90 Å². The summed E-state index contributed by atoms with van der Waals surface area (Å²) in [4.78, 5) is 39.7. The van der Waals surface area contributed by atoms with Crippen molar-refractivity contribution in [2.24, 2.45) is 0 Å². The molecule has 8 heteroatoms. The Morgan fingerprint density at radius 2 is 1.96 bits per heavy atom. The molecular weight excluding hydrogens is 402 g/mol. The van der Waals surface area contributed by atoms with E-state index in [1.807, 2.05) is 0 Å². The predicted octanol–water partition coefficient (Wildman–Crippen LogP) is 2.78. The van der Waals surface area contributed by atoms with E-state index >= 15 is 0 Å². The van der Waals surface area contributed by atoms with Crippen LogP contribution >= 0.6 is 15.9 Å². The van der Waals surface area contributed by atoms with Crippen LogP contribution in [0.5, 0.6) is 0 Å². The lowest BCUT2D eigenvalue weighted by Gasteiger charge is -2.17. The van der Waals surface area contributed by atoms with Crippen molar-refractivity contribution in [1.29, 1.82) is 0 Å². The number of fused-ring (bicyclic) bond motifs is 1. The lowest BCUT2D eigenvalue weighted by molar-refractivity contribution is -0.130. The van der Waals surface area contributed by atoms with Crippen molar-refractivity contribution in [3.63, 3.8) is 0 Å². The number of amides is 3. The van der Waals surface area contributed by atoms with Crippen LogP contribution in [0.15, 0.2) is 33.3 Å². The maximum Gasteiger partial charge on any atom is 0.261 e. The van der Waals surface area contributed by atoms with Crippen LogP contribution in [0.3, 0.4) is 0 Å². The average molecular weight is 420 g/mol. The second-order valence-corrected chi connectivity index (χ2v) is 7.15. The first-order valence-electron chi connectivity index (χ1n) is 8.18. The number of halogens is 1. The highest BCUT2D eigenvalue weighted by Gasteiger charge is 2.35. The second-order valence-electron chi connectivity index (χ2n) is 6.23. The molecule has 7 nitrogen and oxygen atoms in total. The van der Waals surface area contributed by atoms with Crippen LogP contribution in [0.2, 0.25) is 0 Å². The number of hydrogen-bond donors (Lipinski definition) is 0. The van der Waals surface area contributed by atoms with Gasteiger partial charge in [0.1, 0.15) is 11.5 Å². The number of carbonyl (C=O) groups excluding carboxylic acids is 3. The van der Waals surface area contributed by atoms with E-state index in [0.717, 1.165) is 4.47 Å². The number of aromatic nitrogens is 1. The Labute approximate surface area is 159 Å². The summed E-state index contributed by atoms with van der Waals surface area (Å²) in [5.41, 5.74) is 1.49. The quantitative estimate of drug-likeness (QED) is 0.672. The van der Waals surface area contributed by atoms with Crippen LogP contribution in [-0.4, -0.2) is 46.3 Å². The third kappa shape index (κ3) is 3.70. The van der Waals surface area contributed by atoms with Gasteiger partial charge in [0.15, 0.2) is 0 Å². The van der Waals surface area contributed by atoms with E-state index in [-0.39, 0.29) is 30.7 Å². The largest absolute Gasteiger partial charge is 0.361 e. The second kappa shape index (κ2) is 7.41. The molecule has 1 aromatic carbocycles. The van der Waals surface area contributed by atoms with Gasteiger partial charge in [-0.3, -0.25) is 19.3 Å². The molecule has 0 saturated heterocycles. The minimum atomic E-state index is -0.315. The van der Waals surface area contributed by atoms with E-state index < -0.39 is 0 Å². The molecule has 1 aliphatic heterocycles. The van der Waals surface area contributed by atoms with Crippen molar-refractivity contribution in [2.75, 3.05) is 13.6 Å². The van der Waals surface area contributed by atoms with Crippen molar-refractivity contribution in [1.82, 2.24) is 15.0 Å². The Morgan fingerprint density at radius 1 is 1.23 bits per heavy atom. The van der Waals surface area contributed by atoms with Gasteiger partial charge in [-0.25, -0.2) is 0 Å². The number of nitrogens with zero attached hydrogens (tertiary/aromatic N) is 3. The van der Waals surface area contributed by atoms with Gasteiger partial charge in [-0.05, 0) is 31.5 Å². The third-order valence-corrected chi connectivity index (χ3v) is 4.70. The highest BCUT2D eigenvalue weighted by atomic mass is 79.9. The summed E-state index contributed by atoms with van der Waals surface area (Å²) in [5.74, 6) is -0.00957. The van der Waals surface area contributed by atoms with Gasteiger partial charge in [0.25, 0.3) is 11.8 Å². The molecule has 0 atom stereocenters. The summed E-state index contributed by atoms with van der Waals surface area (Å²) in [7, 11) is 1.69. The predicted molar refractivity (Wildman–Crippen MR) is 96.5 cm³/mol. The number of carbonyl (C=O) groups is 3. The molecule has 1 aromatic heterocycles. The van der Waals surface area contributed by atoms with E-state index in [0.29, 0.717) is 35.5 Å². The maximum atomic E-state index is 12.4. The molecule has 0 unspecified atom stereocenters. The van der Waals surface area contributed by atoms with Crippen molar-refractivity contribution >= 4 is 33.7 Å². The van der Waals surface area contributed by atoms with Gasteiger partial charge in [0.05, 0.1) is 17.7 Å². The molecule has 0 N–H and O–H groups in total. The molecule has 0 radical (unpaired) electrons. The first-order valence-corrected chi connectivity index (χ1v) is 8.98. The van der Waals surface area contributed by atoms with Crippen LogP contribution < -0.4 is 0 Å². The van der Waals surface area contributed by atoms with Crippen LogP contribution in [0, 0.1) is 6.92 Å². The first-order chi connectivity index (χ1) is 12.4. The smallest absolute Gasteiger partial charge is 0.261 e. The molecule has 2 heterocycles. The van der Waals surface area contributed by atoms with Gasteiger partial charge in [0.2, 0.25) is 5.91 Å². The minimum absolute atomic E-state index is 0.0787. The fourth-order valence-corrected chi connectivity index (χ4v) is 3.23. The van der Waals surface area contributed by atoms with Crippen molar-refractivity contribution in [2.45, 2.75) is 26.3 Å². The molecule has 0 bridgehead atoms. The zero-order valence-corrected chi connectivity index (χ0v) is 16.1. The van der Waals surface area contributed by atoms with E-state index in [4.69, 9.17) is 4.52 Å². The fourth-order valence-electron chi connectivity index (χ4n) is 2.87. The number of aryl methyl sites for hydroxylation is 1. The Kier molecular flexibility index (Phi) is 5.22. The van der Waals surface area contributed by atoms with Gasteiger partial charge in [0, 0.05) is 30.6 Å². The minimum Gasteiger partial charge on any atom is -0.361 e. The average Bonchev–Trinajstić information content (AvgIpc) is 3.10. The first kappa shape index (κ1) is 18.3. The highest BCUT2D eigenvalue weighted by molar-refractivity contribution is 9.10. The van der Waals surface area contributed by atoms with Gasteiger partial charge >= 0.3 is 0 Å². The molecule has 3 amide bonds. The monoisotopic (exact) mass is 419 g/mol. The van der Waals surface area contributed by atoms with Crippen LogP contribution in [-0.2, 0) is 11.3 Å². The Bertz CT molecular complexity index is 877. The maximum absolute atomic E-state index is 12.4. The summed E-state index contributed by atoms with van der Waals surface area (Å²) in [6, 6.07) is 6.80. The number of imide groups is 1. The Morgan fingerprint density at radius 3 is 2.65 bits per heavy atom. The molecule has 0 aliphatic carbocycles. The highest BCUT2D eigenvalue weighted by Crippen LogP contribution is 2.26. The van der Waals surface area contributed by atoms with Crippen LogP contribution in [0.25, 0.3) is 0 Å². The molecule has 0 fully saturated rings. The Balaban J connectivity index is 1.52. The number of hydrogen-bond acceptors (Lipinski definition) is 5. The van der Waals surface area contributed by atoms with Gasteiger partial charge in [-0.15, -0.1) is 0 Å². The topological polar surface area (TPSA) is 83.7 Å². The molecule has 136 valence electrons. The fraction of sp³-hybridized carbons (Fsp3) is 0.333. The van der Waals surface area contributed by atoms with Crippen molar-refractivity contribution in [3.8, 4) is 0 Å². The molecule has 26 heavy (non-hydrogen) atoms. The third-order valence-electron chi connectivity index (χ3n) is 4.21. The summed E-state index contributed by atoms with van der Waals surface area (Å²) in [6.07, 6.45) is 0.651. The van der Waals surface area contributed by atoms with Gasteiger partial charge < -0.3 is 9.42 Å². The van der Waals surface area contributed by atoms with E-state index in [9.17, 15) is 14.4 Å². The van der Waals surface area contributed by atoms with Gasteiger partial charge in [-0.1, -0.05) is 21.1 Å². The normalized spacial score (nSPS) is 13.3. The summed E-state index contributed by atoms with van der Waals surface area (Å²) >= 11 is 3.30. The standard InChI is InChI=1S/C18H18BrN3O4/c1-11-8-13(20-26-11)10-21(2)16(23)4-3-7-22-17(24)14-6-5-12(19)9-15(14)18(22)25/h5-6,8-9H,3-4,7,10H2,1-2H3. The summed E-state index contributed by atoms with van der Waals surface area (Å²) in [6.45, 7) is 2.36. The van der Waals surface area contributed by atoms with E-state index in [2.05, 4.69) is 21.1 Å². The summed E-state index contributed by atoms with van der Waals surface area (Å²) in [5, 5.41) is 3.86. The number of benzene rings is 1. The summed E-state index contributed by atoms with van der Waals surface area (Å²) < 4.78 is 5.73. The molecule has 2 aromatic rings. The van der Waals surface area contributed by atoms with Crippen molar-refractivity contribution in [3.05, 3.63) is 51.3 Å². The van der Waals surface area contributed by atoms with E-state index in [1.54, 1.807) is 43.1 Å². The van der Waals surface area contributed by atoms with Crippen LogP contribution in [0.4, 0.5) is 0 Å². The molecule has 1 aliphatic rings. The number of rotatable bonds is 6. The lowest BCUT2D eigenvalue weighted by Crippen LogP contribution is -2.32. The SMILES string of the molecule is Cc1cc(CN(C)C(=O)CCCN2C(=O)c3ccc(Br)cc3C2=O)no1.